The van der Waals surface area contributed by atoms with Crippen LogP contribution in [0.5, 0.6) is 0 Å². The van der Waals surface area contributed by atoms with Gasteiger partial charge < -0.3 is 5.11 Å². The molecule has 7 heteroatoms. The van der Waals surface area contributed by atoms with Gasteiger partial charge in [-0.25, -0.2) is 8.42 Å². The number of anilines is 1. The molecule has 0 aliphatic rings. The quantitative estimate of drug-likeness (QED) is 0.723. The molecule has 0 saturated heterocycles. The van der Waals surface area contributed by atoms with Crippen molar-refractivity contribution in [2.45, 2.75) is 31.6 Å². The van der Waals surface area contributed by atoms with Crippen molar-refractivity contribution in [2.24, 2.45) is 0 Å². The minimum absolute atomic E-state index is 0.0861. The third-order valence-corrected chi connectivity index (χ3v) is 6.14. The van der Waals surface area contributed by atoms with Crippen LogP contribution < -0.4 is 4.31 Å². The van der Waals surface area contributed by atoms with Crippen molar-refractivity contribution in [1.29, 1.82) is 0 Å². The second-order valence-electron chi connectivity index (χ2n) is 5.82. The van der Waals surface area contributed by atoms with E-state index in [2.05, 4.69) is 15.9 Å². The first-order valence-corrected chi connectivity index (χ1v) is 10.0. The van der Waals surface area contributed by atoms with Crippen LogP contribution in [0.3, 0.4) is 0 Å². The van der Waals surface area contributed by atoms with Crippen LogP contribution in [0.15, 0.2) is 51.8 Å². The first-order chi connectivity index (χ1) is 11.7. The fourth-order valence-electron chi connectivity index (χ4n) is 2.47. The highest BCUT2D eigenvalue weighted by Gasteiger charge is 2.26. The van der Waals surface area contributed by atoms with E-state index in [0.717, 1.165) is 15.6 Å². The Morgan fingerprint density at radius 1 is 1.12 bits per heavy atom. The molecule has 0 aliphatic carbocycles. The number of benzene rings is 2. The summed E-state index contributed by atoms with van der Waals surface area (Å²) in [5.74, 6) is -0.943. The molecule has 0 atom stereocenters. The predicted octanol–water partition coefficient (Wildman–Crippen LogP) is 4.13. The van der Waals surface area contributed by atoms with Gasteiger partial charge in [0, 0.05) is 17.4 Å². The van der Waals surface area contributed by atoms with Gasteiger partial charge in [-0.2, -0.15) is 0 Å². The fourth-order valence-corrected chi connectivity index (χ4v) is 4.29. The van der Waals surface area contributed by atoms with E-state index in [4.69, 9.17) is 5.11 Å². The number of carboxylic acid groups (broad SMARTS) is 1. The van der Waals surface area contributed by atoms with Gasteiger partial charge >= 0.3 is 5.97 Å². The van der Waals surface area contributed by atoms with Crippen molar-refractivity contribution in [3.8, 4) is 0 Å². The summed E-state index contributed by atoms with van der Waals surface area (Å²) in [6.07, 6.45) is 0.149. The zero-order valence-corrected chi connectivity index (χ0v) is 16.5. The molecule has 0 fully saturated rings. The Morgan fingerprint density at radius 3 is 2.36 bits per heavy atom. The highest BCUT2D eigenvalue weighted by Crippen LogP contribution is 2.29. The summed E-state index contributed by atoms with van der Waals surface area (Å²) in [5, 5.41) is 8.87. The van der Waals surface area contributed by atoms with E-state index in [-0.39, 0.29) is 24.3 Å². The molecule has 134 valence electrons. The van der Waals surface area contributed by atoms with Gasteiger partial charge in [-0.3, -0.25) is 9.10 Å². The summed E-state index contributed by atoms with van der Waals surface area (Å²) in [6, 6.07) is 12.0. The molecular formula is C18H20BrNO4S. The third kappa shape index (κ3) is 4.83. The topological polar surface area (TPSA) is 74.7 Å². The van der Waals surface area contributed by atoms with Gasteiger partial charge in [-0.15, -0.1) is 0 Å². The SMILES string of the molecule is Cc1ccc(C)c(N(CCCC(=O)O)S(=O)(=O)c2ccc(Br)cc2)c1. The van der Waals surface area contributed by atoms with Crippen LogP contribution in [-0.4, -0.2) is 26.0 Å². The largest absolute Gasteiger partial charge is 0.481 e. The van der Waals surface area contributed by atoms with Crippen molar-refractivity contribution >= 4 is 37.6 Å². The molecule has 0 aliphatic heterocycles. The van der Waals surface area contributed by atoms with Crippen LogP contribution in [0.2, 0.25) is 0 Å². The lowest BCUT2D eigenvalue weighted by molar-refractivity contribution is -0.137. The first kappa shape index (κ1) is 19.5. The predicted molar refractivity (Wildman–Crippen MR) is 101 cm³/mol. The average molecular weight is 426 g/mol. The highest BCUT2D eigenvalue weighted by atomic mass is 79.9. The maximum atomic E-state index is 13.1. The molecule has 2 rings (SSSR count). The summed E-state index contributed by atoms with van der Waals surface area (Å²) in [5.41, 5.74) is 2.34. The average Bonchev–Trinajstić information content (AvgIpc) is 2.54. The minimum atomic E-state index is -3.79. The van der Waals surface area contributed by atoms with E-state index in [1.54, 1.807) is 12.1 Å². The lowest BCUT2D eigenvalue weighted by Gasteiger charge is -2.26. The number of halogens is 1. The van der Waals surface area contributed by atoms with Crippen LogP contribution in [0, 0.1) is 13.8 Å². The normalized spacial score (nSPS) is 11.3. The van der Waals surface area contributed by atoms with E-state index in [0.29, 0.717) is 5.69 Å². The van der Waals surface area contributed by atoms with Crippen LogP contribution in [0.4, 0.5) is 5.69 Å². The zero-order valence-electron chi connectivity index (χ0n) is 14.1. The van der Waals surface area contributed by atoms with E-state index in [9.17, 15) is 13.2 Å². The number of carboxylic acids is 1. The monoisotopic (exact) mass is 425 g/mol. The molecule has 0 spiro atoms. The Kier molecular flexibility index (Phi) is 6.24. The second kappa shape index (κ2) is 8.01. The molecule has 0 bridgehead atoms. The molecule has 0 radical (unpaired) electrons. The van der Waals surface area contributed by atoms with Crippen molar-refractivity contribution in [3.05, 3.63) is 58.1 Å². The number of hydrogen-bond acceptors (Lipinski definition) is 3. The van der Waals surface area contributed by atoms with Crippen LogP contribution in [0.25, 0.3) is 0 Å². The summed E-state index contributed by atoms with van der Waals surface area (Å²) in [6.45, 7) is 3.84. The van der Waals surface area contributed by atoms with Gasteiger partial charge in [0.2, 0.25) is 0 Å². The molecule has 0 amide bonds. The van der Waals surface area contributed by atoms with Gasteiger partial charge in [0.1, 0.15) is 0 Å². The molecule has 5 nitrogen and oxygen atoms in total. The highest BCUT2D eigenvalue weighted by molar-refractivity contribution is 9.10. The minimum Gasteiger partial charge on any atom is -0.481 e. The lowest BCUT2D eigenvalue weighted by atomic mass is 10.1. The smallest absolute Gasteiger partial charge is 0.303 e. The third-order valence-electron chi connectivity index (χ3n) is 3.79. The molecule has 0 aromatic heterocycles. The number of aliphatic carboxylic acids is 1. The Morgan fingerprint density at radius 2 is 1.76 bits per heavy atom. The molecule has 25 heavy (non-hydrogen) atoms. The van der Waals surface area contributed by atoms with Gasteiger partial charge in [-0.1, -0.05) is 28.1 Å². The molecule has 0 saturated carbocycles. The molecule has 0 heterocycles. The number of rotatable bonds is 7. The van der Waals surface area contributed by atoms with Gasteiger partial charge in [0.15, 0.2) is 0 Å². The van der Waals surface area contributed by atoms with Crippen LogP contribution in [0.1, 0.15) is 24.0 Å². The first-order valence-electron chi connectivity index (χ1n) is 7.79. The Bertz CT molecular complexity index is 863. The van der Waals surface area contributed by atoms with Gasteiger partial charge in [0.05, 0.1) is 10.6 Å². The summed E-state index contributed by atoms with van der Waals surface area (Å²) in [7, 11) is -3.79. The summed E-state index contributed by atoms with van der Waals surface area (Å²) >= 11 is 3.30. The molecular weight excluding hydrogens is 406 g/mol. The molecule has 2 aromatic carbocycles. The lowest BCUT2D eigenvalue weighted by Crippen LogP contribution is -2.33. The number of hydrogen-bond donors (Lipinski definition) is 1. The Labute approximate surface area is 156 Å². The second-order valence-corrected chi connectivity index (χ2v) is 8.60. The van der Waals surface area contributed by atoms with Crippen molar-refractivity contribution in [3.63, 3.8) is 0 Å². The van der Waals surface area contributed by atoms with Crippen molar-refractivity contribution in [2.75, 3.05) is 10.8 Å². The van der Waals surface area contributed by atoms with Crippen LogP contribution in [-0.2, 0) is 14.8 Å². The van der Waals surface area contributed by atoms with Crippen molar-refractivity contribution in [1.82, 2.24) is 0 Å². The Hall–Kier alpha value is -1.86. The van der Waals surface area contributed by atoms with E-state index >= 15 is 0 Å². The van der Waals surface area contributed by atoms with E-state index in [1.807, 2.05) is 32.0 Å². The van der Waals surface area contributed by atoms with Gasteiger partial charge in [-0.05, 0) is 61.7 Å². The molecule has 2 aromatic rings. The van der Waals surface area contributed by atoms with E-state index < -0.39 is 16.0 Å². The molecule has 0 unspecified atom stereocenters. The fraction of sp³-hybridized carbons (Fsp3) is 0.278. The van der Waals surface area contributed by atoms with E-state index in [1.165, 1.54) is 16.4 Å². The number of aryl methyl sites for hydroxylation is 2. The van der Waals surface area contributed by atoms with Gasteiger partial charge in [0.25, 0.3) is 10.0 Å². The maximum Gasteiger partial charge on any atom is 0.303 e. The van der Waals surface area contributed by atoms with Crippen LogP contribution >= 0.6 is 15.9 Å². The zero-order chi connectivity index (χ0) is 18.6. The number of sulfonamides is 1. The summed E-state index contributed by atoms with van der Waals surface area (Å²) < 4.78 is 28.4. The standard InChI is InChI=1S/C18H20BrNO4S/c1-13-5-6-14(2)17(12-13)20(11-3-4-18(21)22)25(23,24)16-9-7-15(19)8-10-16/h5-10,12H,3-4,11H2,1-2H3,(H,21,22). The van der Waals surface area contributed by atoms with Crippen molar-refractivity contribution < 1.29 is 18.3 Å². The number of carbonyl (C=O) groups is 1. The summed E-state index contributed by atoms with van der Waals surface area (Å²) in [4.78, 5) is 11.0. The Balaban J connectivity index is 2.47. The number of nitrogens with zero attached hydrogens (tertiary/aromatic N) is 1. The maximum absolute atomic E-state index is 13.1. The molecule has 1 N–H and O–H groups in total.